The summed E-state index contributed by atoms with van der Waals surface area (Å²) in [5, 5.41) is 7.63. The highest BCUT2D eigenvalue weighted by Gasteiger charge is 2.24. The molecule has 6 aromatic rings. The lowest BCUT2D eigenvalue weighted by atomic mass is 9.78. The van der Waals surface area contributed by atoms with Crippen LogP contribution in [0.25, 0.3) is 65.7 Å². The molecule has 2 heteroatoms. The Labute approximate surface area is 292 Å². The zero-order chi connectivity index (χ0) is 33.0. The molecule has 1 aliphatic heterocycles. The minimum atomic E-state index is 0.192. The van der Waals surface area contributed by atoms with Crippen molar-refractivity contribution in [2.75, 3.05) is 0 Å². The maximum absolute atomic E-state index is 4.96. The minimum Gasteiger partial charge on any atom is -0.284 e. The van der Waals surface area contributed by atoms with Gasteiger partial charge in [-0.25, -0.2) is 0 Å². The quantitative estimate of drug-likeness (QED) is 0.176. The van der Waals surface area contributed by atoms with E-state index >= 15 is 0 Å². The zero-order valence-corrected chi connectivity index (χ0v) is 27.6. The highest BCUT2D eigenvalue weighted by Crippen LogP contribution is 2.46. The Morgan fingerprint density at radius 2 is 1.36 bits per heavy atom. The lowest BCUT2D eigenvalue weighted by molar-refractivity contribution is 0.685. The van der Waals surface area contributed by atoms with E-state index in [9.17, 15) is 0 Å². The molecule has 0 spiro atoms. The summed E-state index contributed by atoms with van der Waals surface area (Å²) in [6, 6.07) is 36.1. The van der Waals surface area contributed by atoms with Crippen LogP contribution in [0, 0.1) is 11.8 Å². The molecule has 2 heterocycles. The monoisotopic (exact) mass is 638 g/mol. The normalized spacial score (nSPS) is 20.5. The van der Waals surface area contributed by atoms with E-state index in [2.05, 4.69) is 164 Å². The summed E-state index contributed by atoms with van der Waals surface area (Å²) in [5.74, 6) is 0.675. The number of pyridine rings is 1. The predicted molar refractivity (Wildman–Crippen MR) is 212 cm³/mol. The van der Waals surface area contributed by atoms with Gasteiger partial charge in [0, 0.05) is 35.4 Å². The second-order valence-electron chi connectivity index (χ2n) is 13.7. The van der Waals surface area contributed by atoms with Gasteiger partial charge in [-0.15, -0.1) is 0 Å². The first-order valence-electron chi connectivity index (χ1n) is 17.6. The third kappa shape index (κ3) is 4.87. The van der Waals surface area contributed by atoms with Crippen molar-refractivity contribution in [3.63, 3.8) is 0 Å². The van der Waals surface area contributed by atoms with Gasteiger partial charge in [-0.1, -0.05) is 146 Å². The van der Waals surface area contributed by atoms with Crippen molar-refractivity contribution in [3.05, 3.63) is 187 Å². The molecule has 3 aliphatic carbocycles. The van der Waals surface area contributed by atoms with Crippen LogP contribution in [0.3, 0.4) is 0 Å². The van der Waals surface area contributed by atoms with Crippen LogP contribution in [-0.4, -0.2) is 17.2 Å². The van der Waals surface area contributed by atoms with Crippen LogP contribution in [0.2, 0.25) is 0 Å². The number of aromatic nitrogens is 1. The average Bonchev–Trinajstić information content (AvgIpc) is 3.19. The van der Waals surface area contributed by atoms with Crippen LogP contribution in [-0.2, 0) is 0 Å². The Kier molecular flexibility index (Phi) is 6.80. The number of benzene rings is 5. The van der Waals surface area contributed by atoms with Gasteiger partial charge in [-0.2, -0.15) is 0 Å². The molecule has 4 aliphatic rings. The Morgan fingerprint density at radius 3 is 2.26 bits per heavy atom. The number of rotatable bonds is 4. The van der Waals surface area contributed by atoms with Crippen LogP contribution in [0.1, 0.15) is 17.7 Å². The van der Waals surface area contributed by atoms with Crippen LogP contribution < -0.4 is 0 Å². The molecule has 10 rings (SSSR count). The van der Waals surface area contributed by atoms with E-state index in [1.165, 1.54) is 60.2 Å². The number of hydrogen-bond donors (Lipinski definition) is 0. The summed E-state index contributed by atoms with van der Waals surface area (Å²) in [5.41, 5.74) is 10.9. The van der Waals surface area contributed by atoms with Crippen molar-refractivity contribution in [1.82, 2.24) is 4.98 Å². The van der Waals surface area contributed by atoms with E-state index in [-0.39, 0.29) is 12.0 Å². The third-order valence-corrected chi connectivity index (χ3v) is 10.8. The summed E-state index contributed by atoms with van der Waals surface area (Å²) in [6.07, 6.45) is 29.4. The molecule has 5 aromatic carbocycles. The minimum absolute atomic E-state index is 0.192. The number of nitrogens with zero attached hydrogens (tertiary/aromatic N) is 2. The Hall–Kier alpha value is -6.12. The van der Waals surface area contributed by atoms with Crippen LogP contribution in [0.4, 0.5) is 0 Å². The molecule has 0 fully saturated rings. The van der Waals surface area contributed by atoms with E-state index in [1.54, 1.807) is 0 Å². The maximum Gasteiger partial charge on any atom is 0.0780 e. The number of aliphatic imine (C=N–C) groups is 1. The third-order valence-electron chi connectivity index (χ3n) is 10.8. The van der Waals surface area contributed by atoms with Gasteiger partial charge in [0.25, 0.3) is 0 Å². The van der Waals surface area contributed by atoms with E-state index < -0.39 is 0 Å². The van der Waals surface area contributed by atoms with Gasteiger partial charge in [-0.05, 0) is 90.3 Å². The molecular formula is C48H34N2. The Bertz CT molecular complexity index is 2620. The lowest BCUT2D eigenvalue weighted by Gasteiger charge is -2.26. The highest BCUT2D eigenvalue weighted by atomic mass is 14.8. The number of hydrogen-bond acceptors (Lipinski definition) is 2. The second-order valence-corrected chi connectivity index (χ2v) is 13.7. The smallest absolute Gasteiger partial charge is 0.0780 e. The predicted octanol–water partition coefficient (Wildman–Crippen LogP) is 11.9. The molecule has 2 nitrogen and oxygen atoms in total. The van der Waals surface area contributed by atoms with Crippen molar-refractivity contribution in [2.24, 2.45) is 16.8 Å². The second kappa shape index (κ2) is 11.8. The van der Waals surface area contributed by atoms with Crippen molar-refractivity contribution in [1.29, 1.82) is 0 Å². The SMILES string of the molecule is C1=CC2=CC=C(c3c4ccccc4c(-c4ccc5ccccc5c4)c4ccc(-c5ccc(C6=CC7C=CC=CC7N=C6)nc5)cc34)CC2C=C1. The molecule has 236 valence electrons. The molecule has 0 N–H and O–H groups in total. The van der Waals surface area contributed by atoms with E-state index in [0.29, 0.717) is 5.92 Å². The van der Waals surface area contributed by atoms with Gasteiger partial charge in [-0.3, -0.25) is 9.98 Å². The number of fused-ring (bicyclic) bond motifs is 5. The molecule has 3 atom stereocenters. The summed E-state index contributed by atoms with van der Waals surface area (Å²) in [7, 11) is 0. The van der Waals surface area contributed by atoms with Gasteiger partial charge in [0.15, 0.2) is 0 Å². The Morgan fingerprint density at radius 1 is 0.580 bits per heavy atom. The average molecular weight is 639 g/mol. The van der Waals surface area contributed by atoms with E-state index in [0.717, 1.165) is 28.8 Å². The van der Waals surface area contributed by atoms with Crippen LogP contribution in [0.5, 0.6) is 0 Å². The fourth-order valence-corrected chi connectivity index (χ4v) is 8.23. The first kappa shape index (κ1) is 28.9. The summed E-state index contributed by atoms with van der Waals surface area (Å²) in [4.78, 5) is 9.75. The standard InChI is InChI=1S/C48H34N2/c1-3-11-33-25-37(19-17-31(33)9-1)47-41-14-6-7-15-42(41)48(38-20-18-32-10-2-4-12-34(32)26-38)44-28-35(21-23-43(44)47)39-22-24-46(49-29-39)40-27-36-13-5-8-16-45(36)50-30-40/h1-25,27-30,34,36,45H,26H2. The molecule has 0 saturated heterocycles. The summed E-state index contributed by atoms with van der Waals surface area (Å²) >= 11 is 0. The zero-order valence-electron chi connectivity index (χ0n) is 27.6. The van der Waals surface area contributed by atoms with Crippen LogP contribution in [0.15, 0.2) is 181 Å². The van der Waals surface area contributed by atoms with E-state index in [4.69, 9.17) is 9.98 Å². The molecule has 0 amide bonds. The summed E-state index contributed by atoms with van der Waals surface area (Å²) < 4.78 is 0. The van der Waals surface area contributed by atoms with Gasteiger partial charge >= 0.3 is 0 Å². The maximum atomic E-state index is 4.96. The molecule has 3 unspecified atom stereocenters. The fourth-order valence-electron chi connectivity index (χ4n) is 8.23. The highest BCUT2D eigenvalue weighted by molar-refractivity contribution is 6.20. The van der Waals surface area contributed by atoms with Gasteiger partial charge in [0.1, 0.15) is 0 Å². The van der Waals surface area contributed by atoms with Crippen molar-refractivity contribution >= 4 is 49.7 Å². The van der Waals surface area contributed by atoms with Crippen LogP contribution >= 0.6 is 0 Å². The first-order valence-corrected chi connectivity index (χ1v) is 17.6. The van der Waals surface area contributed by atoms with Crippen molar-refractivity contribution in [3.8, 4) is 22.3 Å². The molecule has 50 heavy (non-hydrogen) atoms. The van der Waals surface area contributed by atoms with Crippen molar-refractivity contribution in [2.45, 2.75) is 12.5 Å². The van der Waals surface area contributed by atoms with E-state index in [1.807, 2.05) is 12.4 Å². The van der Waals surface area contributed by atoms with Crippen molar-refractivity contribution < 1.29 is 0 Å². The first-order chi connectivity index (χ1) is 24.8. The fraction of sp³-hybridized carbons (Fsp3) is 0.0833. The van der Waals surface area contributed by atoms with Gasteiger partial charge < -0.3 is 0 Å². The largest absolute Gasteiger partial charge is 0.284 e. The summed E-state index contributed by atoms with van der Waals surface area (Å²) in [6.45, 7) is 0. The molecule has 0 bridgehead atoms. The number of allylic oxidation sites excluding steroid dienone is 11. The molecule has 1 aromatic heterocycles. The molecular weight excluding hydrogens is 605 g/mol. The molecule has 0 saturated carbocycles. The molecule has 0 radical (unpaired) electrons. The number of dihydropyridines is 1. The Balaban J connectivity index is 1.16. The topological polar surface area (TPSA) is 25.2 Å². The van der Waals surface area contributed by atoms with Gasteiger partial charge in [0.2, 0.25) is 0 Å². The lowest BCUT2D eigenvalue weighted by Crippen LogP contribution is -2.18. The van der Waals surface area contributed by atoms with Gasteiger partial charge in [0.05, 0.1) is 11.7 Å².